The molecule has 0 aliphatic rings. The van der Waals surface area contributed by atoms with Gasteiger partial charge in [-0.3, -0.25) is 4.79 Å². The lowest BCUT2D eigenvalue weighted by molar-refractivity contribution is 0.102. The van der Waals surface area contributed by atoms with Gasteiger partial charge in [-0.15, -0.1) is 0 Å². The number of carbonyl (C=O) groups is 1. The molecule has 0 spiro atoms. The fourth-order valence-electron chi connectivity index (χ4n) is 0.973. The molecule has 3 nitrogen and oxygen atoms in total. The van der Waals surface area contributed by atoms with Gasteiger partial charge in [0, 0.05) is 5.69 Å². The lowest BCUT2D eigenvalue weighted by Crippen LogP contribution is -2.05. The molecule has 70 valence electrons. The predicted octanol–water partition coefficient (Wildman–Crippen LogP) is 1.98. The maximum absolute atomic E-state index is 11.3. The molecule has 0 saturated carbocycles. The number of pyridine rings is 1. The Kier molecular flexibility index (Phi) is 3.42. The molecule has 1 rings (SSSR count). The Balaban J connectivity index is 3.13. The van der Waals surface area contributed by atoms with Crippen molar-refractivity contribution >= 4 is 21.7 Å². The maximum atomic E-state index is 11.3. The molecule has 0 unspecified atom stereocenters. The van der Waals surface area contributed by atoms with E-state index in [0.717, 1.165) is 5.69 Å². The number of hydrogen-bond acceptors (Lipinski definition) is 3. The molecule has 0 aromatic carbocycles. The largest absolute Gasteiger partial charge is 0.480 e. The summed E-state index contributed by atoms with van der Waals surface area (Å²) in [6.45, 7) is 1.85. The highest BCUT2D eigenvalue weighted by Gasteiger charge is 2.11. The van der Waals surface area contributed by atoms with Crippen molar-refractivity contribution < 1.29 is 9.53 Å². The highest BCUT2D eigenvalue weighted by molar-refractivity contribution is 9.09. The highest BCUT2D eigenvalue weighted by atomic mass is 79.9. The van der Waals surface area contributed by atoms with E-state index in [1.807, 2.05) is 6.92 Å². The number of rotatable bonds is 3. The summed E-state index contributed by atoms with van der Waals surface area (Å²) in [4.78, 5) is 15.4. The number of ketones is 1. The number of nitrogens with zero attached hydrogens (tertiary/aromatic N) is 1. The van der Waals surface area contributed by atoms with Crippen LogP contribution in [0.4, 0.5) is 0 Å². The number of methoxy groups -OCH3 is 1. The van der Waals surface area contributed by atoms with Crippen LogP contribution in [0, 0.1) is 6.92 Å². The summed E-state index contributed by atoms with van der Waals surface area (Å²) >= 11 is 3.10. The zero-order chi connectivity index (χ0) is 9.84. The quantitative estimate of drug-likeness (QED) is 0.602. The maximum Gasteiger partial charge on any atom is 0.224 e. The highest BCUT2D eigenvalue weighted by Crippen LogP contribution is 2.16. The van der Waals surface area contributed by atoms with Crippen LogP contribution < -0.4 is 4.74 Å². The van der Waals surface area contributed by atoms with Gasteiger partial charge in [-0.2, -0.15) is 0 Å². The molecule has 0 N–H and O–H groups in total. The SMILES string of the molecule is COc1nc(C)ccc1C(=O)CBr. The first kappa shape index (κ1) is 10.2. The standard InChI is InChI=1S/C9H10BrNO2/c1-6-3-4-7(8(12)5-10)9(11-6)13-2/h3-4H,5H2,1-2H3. The van der Waals surface area contributed by atoms with E-state index in [0.29, 0.717) is 11.4 Å². The van der Waals surface area contributed by atoms with Gasteiger partial charge in [-0.05, 0) is 19.1 Å². The molecule has 0 aliphatic heterocycles. The van der Waals surface area contributed by atoms with Crippen LogP contribution in [0.5, 0.6) is 5.88 Å². The van der Waals surface area contributed by atoms with E-state index in [1.165, 1.54) is 7.11 Å². The fourth-order valence-corrected chi connectivity index (χ4v) is 1.27. The number of aryl methyl sites for hydroxylation is 1. The molecular weight excluding hydrogens is 234 g/mol. The normalized spacial score (nSPS) is 9.77. The van der Waals surface area contributed by atoms with Crippen molar-refractivity contribution in [2.75, 3.05) is 12.4 Å². The van der Waals surface area contributed by atoms with Crippen LogP contribution in [0.2, 0.25) is 0 Å². The molecule has 0 bridgehead atoms. The average molecular weight is 244 g/mol. The van der Waals surface area contributed by atoms with Gasteiger partial charge in [0.2, 0.25) is 5.88 Å². The van der Waals surface area contributed by atoms with Gasteiger partial charge in [0.15, 0.2) is 5.78 Å². The van der Waals surface area contributed by atoms with Crippen LogP contribution in [0.15, 0.2) is 12.1 Å². The van der Waals surface area contributed by atoms with Gasteiger partial charge >= 0.3 is 0 Å². The number of Topliss-reactive ketones (excluding diaryl/α,β-unsaturated/α-hetero) is 1. The van der Waals surface area contributed by atoms with Crippen LogP contribution in [0.1, 0.15) is 16.1 Å². The van der Waals surface area contributed by atoms with Crippen molar-refractivity contribution in [2.45, 2.75) is 6.92 Å². The minimum atomic E-state index is -0.0237. The van der Waals surface area contributed by atoms with Crippen molar-refractivity contribution in [3.05, 3.63) is 23.4 Å². The summed E-state index contributed by atoms with van der Waals surface area (Å²) < 4.78 is 5.00. The van der Waals surface area contributed by atoms with Gasteiger partial charge < -0.3 is 4.74 Å². The van der Waals surface area contributed by atoms with E-state index in [-0.39, 0.29) is 11.1 Å². The third-order valence-electron chi connectivity index (χ3n) is 1.61. The van der Waals surface area contributed by atoms with Crippen molar-refractivity contribution in [2.24, 2.45) is 0 Å². The van der Waals surface area contributed by atoms with Gasteiger partial charge in [-0.25, -0.2) is 4.98 Å². The number of halogens is 1. The van der Waals surface area contributed by atoms with Crippen molar-refractivity contribution in [3.63, 3.8) is 0 Å². The molecule has 4 heteroatoms. The van der Waals surface area contributed by atoms with Crippen molar-refractivity contribution in [3.8, 4) is 5.88 Å². The molecule has 0 saturated heterocycles. The number of aromatic nitrogens is 1. The second-order valence-corrected chi connectivity index (χ2v) is 3.13. The minimum absolute atomic E-state index is 0.0237. The summed E-state index contributed by atoms with van der Waals surface area (Å²) in [5.74, 6) is 0.369. The molecular formula is C9H10BrNO2. The van der Waals surface area contributed by atoms with Crippen LogP contribution in [0.25, 0.3) is 0 Å². The zero-order valence-electron chi connectivity index (χ0n) is 7.50. The van der Waals surface area contributed by atoms with Gasteiger partial charge in [-0.1, -0.05) is 15.9 Å². The summed E-state index contributed by atoms with van der Waals surface area (Å²) in [6, 6.07) is 3.52. The molecule has 1 aromatic rings. The number of hydrogen-bond donors (Lipinski definition) is 0. The molecule has 1 aromatic heterocycles. The van der Waals surface area contributed by atoms with Crippen LogP contribution in [-0.4, -0.2) is 23.2 Å². The summed E-state index contributed by atoms with van der Waals surface area (Å²) in [5.41, 5.74) is 1.35. The van der Waals surface area contributed by atoms with E-state index in [1.54, 1.807) is 12.1 Å². The van der Waals surface area contributed by atoms with E-state index in [9.17, 15) is 4.79 Å². The van der Waals surface area contributed by atoms with E-state index in [2.05, 4.69) is 20.9 Å². The fraction of sp³-hybridized carbons (Fsp3) is 0.333. The monoisotopic (exact) mass is 243 g/mol. The first-order chi connectivity index (χ1) is 6.19. The molecule has 0 aliphatic carbocycles. The Morgan fingerprint density at radius 3 is 2.85 bits per heavy atom. The third-order valence-corrected chi connectivity index (χ3v) is 2.12. The van der Waals surface area contributed by atoms with E-state index < -0.39 is 0 Å². The summed E-state index contributed by atoms with van der Waals surface area (Å²) in [7, 11) is 1.51. The van der Waals surface area contributed by atoms with Gasteiger partial charge in [0.25, 0.3) is 0 Å². The van der Waals surface area contributed by atoms with Crippen LogP contribution in [-0.2, 0) is 0 Å². The molecule has 0 amide bonds. The smallest absolute Gasteiger partial charge is 0.224 e. The number of carbonyl (C=O) groups excluding carboxylic acids is 1. The molecule has 0 atom stereocenters. The van der Waals surface area contributed by atoms with Crippen LogP contribution >= 0.6 is 15.9 Å². The Morgan fingerprint density at radius 2 is 2.31 bits per heavy atom. The minimum Gasteiger partial charge on any atom is -0.480 e. The lowest BCUT2D eigenvalue weighted by atomic mass is 10.2. The average Bonchev–Trinajstić information content (AvgIpc) is 2.16. The summed E-state index contributed by atoms with van der Waals surface area (Å²) in [6.07, 6.45) is 0. The topological polar surface area (TPSA) is 39.2 Å². The Hall–Kier alpha value is -0.900. The third kappa shape index (κ3) is 2.28. The van der Waals surface area contributed by atoms with Crippen molar-refractivity contribution in [1.82, 2.24) is 4.98 Å². The number of ether oxygens (including phenoxy) is 1. The predicted molar refractivity (Wildman–Crippen MR) is 53.7 cm³/mol. The van der Waals surface area contributed by atoms with Crippen LogP contribution in [0.3, 0.4) is 0 Å². The second-order valence-electron chi connectivity index (χ2n) is 2.57. The molecule has 0 fully saturated rings. The Labute approximate surface area is 85.3 Å². The van der Waals surface area contributed by atoms with E-state index >= 15 is 0 Å². The van der Waals surface area contributed by atoms with Gasteiger partial charge in [0.05, 0.1) is 18.0 Å². The second kappa shape index (κ2) is 4.37. The van der Waals surface area contributed by atoms with Gasteiger partial charge in [0.1, 0.15) is 0 Å². The molecule has 13 heavy (non-hydrogen) atoms. The Bertz CT molecular complexity index is 325. The molecule has 1 heterocycles. The molecule has 0 radical (unpaired) electrons. The first-order valence-electron chi connectivity index (χ1n) is 3.80. The zero-order valence-corrected chi connectivity index (χ0v) is 9.09. The van der Waals surface area contributed by atoms with E-state index in [4.69, 9.17) is 4.74 Å². The Morgan fingerprint density at radius 1 is 1.62 bits per heavy atom. The summed E-state index contributed by atoms with van der Waals surface area (Å²) in [5, 5.41) is 0.286. The number of alkyl halides is 1. The lowest BCUT2D eigenvalue weighted by Gasteiger charge is -2.05. The van der Waals surface area contributed by atoms with Crippen molar-refractivity contribution in [1.29, 1.82) is 0 Å². The first-order valence-corrected chi connectivity index (χ1v) is 4.92.